The van der Waals surface area contributed by atoms with E-state index in [4.69, 9.17) is 14.7 Å². The molecule has 0 saturated carbocycles. The van der Waals surface area contributed by atoms with E-state index in [0.29, 0.717) is 0 Å². The van der Waals surface area contributed by atoms with Crippen LogP contribution in [0, 0.1) is 13.8 Å². The molecule has 1 aromatic carbocycles. The molecule has 0 unspecified atom stereocenters. The number of anilines is 2. The topological polar surface area (TPSA) is 79.0 Å². The molecule has 1 fully saturated rings. The number of fused-ring (bicyclic) bond motifs is 2. The number of aryl methyl sites for hydroxylation is 2. The Morgan fingerprint density at radius 2 is 2.07 bits per heavy atom. The van der Waals surface area contributed by atoms with Crippen LogP contribution in [0.15, 0.2) is 24.4 Å². The maximum atomic E-state index is 5.46. The molecule has 8 heteroatoms. The number of hydrogen-bond donors (Lipinski definition) is 2. The van der Waals surface area contributed by atoms with Gasteiger partial charge in [0.25, 0.3) is 0 Å². The lowest BCUT2D eigenvalue weighted by Crippen LogP contribution is -2.36. The van der Waals surface area contributed by atoms with E-state index in [9.17, 15) is 0 Å². The van der Waals surface area contributed by atoms with Gasteiger partial charge in [0.1, 0.15) is 16.5 Å². The van der Waals surface area contributed by atoms with Gasteiger partial charge in [-0.1, -0.05) is 0 Å². The van der Waals surface area contributed by atoms with Crippen molar-refractivity contribution >= 4 is 44.0 Å². The average molecular weight is 395 g/mol. The standard InChI is InChI=1S/C20H22N6OS/c1-12-13(2)28-20-18(12)19(22-15-3-4-16-14(9-15)10-21-25-16)23-17(24-20)11-26-5-7-27-8-6-26/h3-4,9-10H,5-8,11H2,1-2H3,(H,21,25)(H,22,23,24). The minimum Gasteiger partial charge on any atom is -0.379 e. The third-order valence-corrected chi connectivity index (χ3v) is 6.35. The number of hydrogen-bond acceptors (Lipinski definition) is 7. The molecular weight excluding hydrogens is 372 g/mol. The molecule has 2 N–H and O–H groups in total. The van der Waals surface area contributed by atoms with Gasteiger partial charge in [-0.3, -0.25) is 10.00 Å². The number of benzene rings is 1. The van der Waals surface area contributed by atoms with Crippen molar-refractivity contribution in [1.29, 1.82) is 0 Å². The number of H-pyrrole nitrogens is 1. The van der Waals surface area contributed by atoms with E-state index < -0.39 is 0 Å². The van der Waals surface area contributed by atoms with Crippen LogP contribution < -0.4 is 5.32 Å². The van der Waals surface area contributed by atoms with E-state index in [2.05, 4.69) is 40.3 Å². The molecule has 4 aromatic rings. The van der Waals surface area contributed by atoms with Crippen molar-refractivity contribution in [3.63, 3.8) is 0 Å². The van der Waals surface area contributed by atoms with Gasteiger partial charge in [0.15, 0.2) is 0 Å². The van der Waals surface area contributed by atoms with Crippen LogP contribution >= 0.6 is 11.3 Å². The van der Waals surface area contributed by atoms with Crippen LogP contribution in [-0.2, 0) is 11.3 Å². The van der Waals surface area contributed by atoms with E-state index >= 15 is 0 Å². The molecule has 5 rings (SSSR count). The Balaban J connectivity index is 1.54. The molecule has 4 heterocycles. The molecule has 1 saturated heterocycles. The van der Waals surface area contributed by atoms with Gasteiger partial charge < -0.3 is 10.1 Å². The van der Waals surface area contributed by atoms with Gasteiger partial charge in [-0.2, -0.15) is 5.10 Å². The maximum absolute atomic E-state index is 5.46. The number of ether oxygens (including phenoxy) is 1. The Morgan fingerprint density at radius 3 is 2.93 bits per heavy atom. The Bertz CT molecular complexity index is 1140. The fourth-order valence-electron chi connectivity index (χ4n) is 3.57. The van der Waals surface area contributed by atoms with E-state index in [0.717, 1.165) is 71.3 Å². The summed E-state index contributed by atoms with van der Waals surface area (Å²) >= 11 is 1.73. The first-order valence-electron chi connectivity index (χ1n) is 9.44. The number of aromatic nitrogens is 4. The van der Waals surface area contributed by atoms with Gasteiger partial charge in [-0.15, -0.1) is 11.3 Å². The Kier molecular flexibility index (Phi) is 4.46. The van der Waals surface area contributed by atoms with E-state index in [1.807, 2.05) is 18.3 Å². The van der Waals surface area contributed by atoms with Crippen LogP contribution in [0.5, 0.6) is 0 Å². The quantitative estimate of drug-likeness (QED) is 0.549. The smallest absolute Gasteiger partial charge is 0.146 e. The molecule has 0 bridgehead atoms. The first-order valence-corrected chi connectivity index (χ1v) is 10.3. The molecule has 144 valence electrons. The van der Waals surface area contributed by atoms with Crippen LogP contribution in [0.25, 0.3) is 21.1 Å². The predicted molar refractivity (Wildman–Crippen MR) is 112 cm³/mol. The lowest BCUT2D eigenvalue weighted by atomic mass is 10.2. The molecule has 7 nitrogen and oxygen atoms in total. The first-order chi connectivity index (χ1) is 13.7. The summed E-state index contributed by atoms with van der Waals surface area (Å²) in [5.41, 5.74) is 3.26. The molecule has 3 aromatic heterocycles. The van der Waals surface area contributed by atoms with Crippen molar-refractivity contribution in [2.45, 2.75) is 20.4 Å². The summed E-state index contributed by atoms with van der Waals surface area (Å²) in [6.07, 6.45) is 1.83. The first kappa shape index (κ1) is 17.5. The molecule has 0 atom stereocenters. The normalized spacial score (nSPS) is 15.5. The summed E-state index contributed by atoms with van der Waals surface area (Å²) in [5, 5.41) is 12.8. The number of rotatable bonds is 4. The minimum absolute atomic E-state index is 0.741. The summed E-state index contributed by atoms with van der Waals surface area (Å²) in [5.74, 6) is 1.72. The number of aromatic amines is 1. The number of nitrogens with one attached hydrogen (secondary N) is 2. The van der Waals surface area contributed by atoms with Crippen LogP contribution in [0.3, 0.4) is 0 Å². The SMILES string of the molecule is Cc1sc2nc(CN3CCOCC3)nc(Nc3ccc4[nH]ncc4c3)c2c1C. The minimum atomic E-state index is 0.741. The van der Waals surface area contributed by atoms with E-state index in [-0.39, 0.29) is 0 Å². The van der Waals surface area contributed by atoms with Crippen LogP contribution in [0.2, 0.25) is 0 Å². The van der Waals surface area contributed by atoms with Crippen molar-refractivity contribution in [2.24, 2.45) is 0 Å². The highest BCUT2D eigenvalue weighted by Crippen LogP contribution is 2.35. The molecule has 1 aliphatic heterocycles. The highest BCUT2D eigenvalue weighted by Gasteiger charge is 2.18. The Hall–Kier alpha value is -2.55. The van der Waals surface area contributed by atoms with Crippen molar-refractivity contribution in [3.05, 3.63) is 40.7 Å². The lowest BCUT2D eigenvalue weighted by molar-refractivity contribution is 0.0331. The second-order valence-electron chi connectivity index (χ2n) is 7.14. The largest absolute Gasteiger partial charge is 0.379 e. The van der Waals surface area contributed by atoms with E-state index in [1.54, 1.807) is 11.3 Å². The third-order valence-electron chi connectivity index (χ3n) is 5.25. The van der Waals surface area contributed by atoms with Gasteiger partial charge in [-0.25, -0.2) is 9.97 Å². The predicted octanol–water partition coefficient (Wildman–Crippen LogP) is 3.76. The number of nitrogens with zero attached hydrogens (tertiary/aromatic N) is 4. The third kappa shape index (κ3) is 3.23. The highest BCUT2D eigenvalue weighted by atomic mass is 32.1. The second-order valence-corrected chi connectivity index (χ2v) is 8.34. The maximum Gasteiger partial charge on any atom is 0.146 e. The zero-order valence-electron chi connectivity index (χ0n) is 16.0. The summed E-state index contributed by atoms with van der Waals surface area (Å²) in [6, 6.07) is 6.16. The van der Waals surface area contributed by atoms with Crippen molar-refractivity contribution < 1.29 is 4.74 Å². The molecule has 28 heavy (non-hydrogen) atoms. The fraction of sp³-hybridized carbons (Fsp3) is 0.350. The number of thiophene rings is 1. The van der Waals surface area contributed by atoms with Gasteiger partial charge in [0.2, 0.25) is 0 Å². The Morgan fingerprint density at radius 1 is 1.21 bits per heavy atom. The Labute approximate surface area is 166 Å². The summed E-state index contributed by atoms with van der Waals surface area (Å²) in [7, 11) is 0. The summed E-state index contributed by atoms with van der Waals surface area (Å²) in [4.78, 5) is 14.4. The molecule has 0 radical (unpaired) electrons. The van der Waals surface area contributed by atoms with Gasteiger partial charge in [-0.05, 0) is 37.6 Å². The molecule has 0 spiro atoms. The van der Waals surface area contributed by atoms with Gasteiger partial charge in [0.05, 0.1) is 36.9 Å². The number of morpholine rings is 1. The van der Waals surface area contributed by atoms with Gasteiger partial charge >= 0.3 is 0 Å². The molecule has 0 amide bonds. The van der Waals surface area contributed by atoms with Gasteiger partial charge in [0, 0.05) is 29.0 Å². The molecule has 0 aliphatic carbocycles. The van der Waals surface area contributed by atoms with Crippen LogP contribution in [0.4, 0.5) is 11.5 Å². The van der Waals surface area contributed by atoms with Crippen molar-refractivity contribution in [2.75, 3.05) is 31.6 Å². The highest BCUT2D eigenvalue weighted by molar-refractivity contribution is 7.18. The zero-order chi connectivity index (χ0) is 19.1. The monoisotopic (exact) mass is 394 g/mol. The zero-order valence-corrected chi connectivity index (χ0v) is 16.8. The molecular formula is C20H22N6OS. The average Bonchev–Trinajstić information content (AvgIpc) is 3.27. The molecule has 1 aliphatic rings. The fourth-order valence-corrected chi connectivity index (χ4v) is 4.62. The van der Waals surface area contributed by atoms with Crippen LogP contribution in [0.1, 0.15) is 16.3 Å². The summed E-state index contributed by atoms with van der Waals surface area (Å²) in [6.45, 7) is 8.41. The lowest BCUT2D eigenvalue weighted by Gasteiger charge is -2.25. The van der Waals surface area contributed by atoms with Crippen molar-refractivity contribution in [3.8, 4) is 0 Å². The van der Waals surface area contributed by atoms with Crippen molar-refractivity contribution in [1.82, 2.24) is 25.1 Å². The van der Waals surface area contributed by atoms with E-state index in [1.165, 1.54) is 10.4 Å². The van der Waals surface area contributed by atoms with Crippen LogP contribution in [-0.4, -0.2) is 51.4 Å². The second kappa shape index (κ2) is 7.12. The summed E-state index contributed by atoms with van der Waals surface area (Å²) < 4.78 is 5.46.